The Kier molecular flexibility index (Phi) is 5.66. The molecule has 1 aliphatic carbocycles. The van der Waals surface area contributed by atoms with Gasteiger partial charge >= 0.3 is 5.97 Å². The molecular weight excluding hydrogens is 318 g/mol. The predicted octanol–water partition coefficient (Wildman–Crippen LogP) is 2.58. The Hall–Kier alpha value is -2.40. The summed E-state index contributed by atoms with van der Waals surface area (Å²) in [7, 11) is 0. The molecule has 0 bridgehead atoms. The van der Waals surface area contributed by atoms with Gasteiger partial charge in [-0.3, -0.25) is 4.79 Å². The number of ketones is 1. The van der Waals surface area contributed by atoms with Crippen LogP contribution in [0.15, 0.2) is 47.2 Å². The maximum absolute atomic E-state index is 12.6. The molecule has 5 heteroatoms. The van der Waals surface area contributed by atoms with E-state index in [0.717, 1.165) is 36.3 Å². The number of allylic oxidation sites excluding steroid dienone is 1. The zero-order valence-corrected chi connectivity index (χ0v) is 14.5. The maximum atomic E-state index is 12.6. The summed E-state index contributed by atoms with van der Waals surface area (Å²) in [5, 5.41) is 0. The summed E-state index contributed by atoms with van der Waals surface area (Å²) >= 11 is 0. The van der Waals surface area contributed by atoms with E-state index in [1.807, 2.05) is 30.3 Å². The SMILES string of the molecule is CCOC(=O)C(=O)C1=C(N2CCOCC2)/C(=C/c2ccccc2)CC1. The molecule has 5 nitrogen and oxygen atoms in total. The van der Waals surface area contributed by atoms with Crippen molar-refractivity contribution in [1.29, 1.82) is 0 Å². The first-order valence-electron chi connectivity index (χ1n) is 8.74. The number of morpholine rings is 1. The molecule has 0 amide bonds. The Morgan fingerprint density at radius 2 is 1.88 bits per heavy atom. The number of hydrogen-bond acceptors (Lipinski definition) is 5. The van der Waals surface area contributed by atoms with E-state index < -0.39 is 11.8 Å². The second-order valence-electron chi connectivity index (χ2n) is 6.06. The summed E-state index contributed by atoms with van der Waals surface area (Å²) in [5.74, 6) is -1.27. The van der Waals surface area contributed by atoms with Crippen LogP contribution in [-0.4, -0.2) is 49.6 Å². The molecular formula is C20H23NO4. The van der Waals surface area contributed by atoms with Gasteiger partial charge in [-0.1, -0.05) is 30.3 Å². The van der Waals surface area contributed by atoms with Gasteiger partial charge in [0.2, 0.25) is 0 Å². The van der Waals surface area contributed by atoms with E-state index in [9.17, 15) is 9.59 Å². The average molecular weight is 341 g/mol. The van der Waals surface area contributed by atoms with Crippen LogP contribution in [0.5, 0.6) is 0 Å². The molecule has 25 heavy (non-hydrogen) atoms. The number of hydrogen-bond donors (Lipinski definition) is 0. The molecule has 1 aliphatic heterocycles. The zero-order valence-electron chi connectivity index (χ0n) is 14.5. The topological polar surface area (TPSA) is 55.8 Å². The van der Waals surface area contributed by atoms with Crippen LogP contribution in [-0.2, 0) is 19.1 Å². The van der Waals surface area contributed by atoms with Crippen LogP contribution in [0, 0.1) is 0 Å². The molecule has 1 aromatic carbocycles. The van der Waals surface area contributed by atoms with E-state index in [0.29, 0.717) is 25.2 Å². The van der Waals surface area contributed by atoms with E-state index >= 15 is 0 Å². The quantitative estimate of drug-likeness (QED) is 0.609. The van der Waals surface area contributed by atoms with Gasteiger partial charge in [0.15, 0.2) is 0 Å². The Bertz CT molecular complexity index is 700. The highest BCUT2D eigenvalue weighted by atomic mass is 16.5. The number of benzene rings is 1. The van der Waals surface area contributed by atoms with Crippen molar-refractivity contribution in [2.45, 2.75) is 19.8 Å². The molecule has 0 N–H and O–H groups in total. The van der Waals surface area contributed by atoms with Crippen LogP contribution >= 0.6 is 0 Å². The first-order chi connectivity index (χ1) is 12.2. The van der Waals surface area contributed by atoms with Crippen LogP contribution in [0.25, 0.3) is 6.08 Å². The molecule has 0 saturated carbocycles. The minimum Gasteiger partial charge on any atom is -0.460 e. The van der Waals surface area contributed by atoms with Gasteiger partial charge < -0.3 is 14.4 Å². The van der Waals surface area contributed by atoms with Crippen LogP contribution in [0.2, 0.25) is 0 Å². The number of Topliss-reactive ketones (excluding diaryl/α,β-unsaturated/α-hetero) is 1. The zero-order chi connectivity index (χ0) is 17.6. The Labute approximate surface area is 147 Å². The number of carbonyl (C=O) groups excluding carboxylic acids is 2. The molecule has 0 unspecified atom stereocenters. The summed E-state index contributed by atoms with van der Waals surface area (Å²) in [6, 6.07) is 10.0. The first-order valence-corrected chi connectivity index (χ1v) is 8.74. The van der Waals surface area contributed by atoms with Crippen LogP contribution in [0.1, 0.15) is 25.3 Å². The highest BCUT2D eigenvalue weighted by molar-refractivity contribution is 6.40. The molecule has 0 aromatic heterocycles. The van der Waals surface area contributed by atoms with Crippen molar-refractivity contribution in [3.8, 4) is 0 Å². The number of esters is 1. The first kappa shape index (κ1) is 17.4. The summed E-state index contributed by atoms with van der Waals surface area (Å²) in [6.45, 7) is 4.61. The molecule has 3 rings (SSSR count). The van der Waals surface area contributed by atoms with E-state index in [4.69, 9.17) is 9.47 Å². The third-order valence-electron chi connectivity index (χ3n) is 4.44. The van der Waals surface area contributed by atoms with Gasteiger partial charge in [0.05, 0.1) is 19.8 Å². The van der Waals surface area contributed by atoms with E-state index in [-0.39, 0.29) is 6.61 Å². The molecule has 0 spiro atoms. The minimum absolute atomic E-state index is 0.206. The lowest BCUT2D eigenvalue weighted by molar-refractivity contribution is -0.151. The standard InChI is InChI=1S/C20H23NO4/c1-2-25-20(23)19(22)17-9-8-16(14-15-6-4-3-5-7-15)18(17)21-10-12-24-13-11-21/h3-7,14H,2,8-13H2,1H3/b16-14+. The second-order valence-corrected chi connectivity index (χ2v) is 6.06. The smallest absolute Gasteiger partial charge is 0.379 e. The van der Waals surface area contributed by atoms with Gasteiger partial charge in [0.1, 0.15) is 0 Å². The van der Waals surface area contributed by atoms with Gasteiger partial charge in [-0.05, 0) is 37.0 Å². The highest BCUT2D eigenvalue weighted by Gasteiger charge is 2.33. The van der Waals surface area contributed by atoms with Crippen molar-refractivity contribution in [3.63, 3.8) is 0 Å². The van der Waals surface area contributed by atoms with Gasteiger partial charge in [-0.2, -0.15) is 0 Å². The van der Waals surface area contributed by atoms with Gasteiger partial charge in [0.25, 0.3) is 5.78 Å². The van der Waals surface area contributed by atoms with Gasteiger partial charge in [-0.25, -0.2) is 4.79 Å². The maximum Gasteiger partial charge on any atom is 0.379 e. The fourth-order valence-corrected chi connectivity index (χ4v) is 3.30. The predicted molar refractivity (Wildman–Crippen MR) is 94.7 cm³/mol. The molecule has 1 heterocycles. The van der Waals surface area contributed by atoms with Crippen LogP contribution in [0.3, 0.4) is 0 Å². The largest absolute Gasteiger partial charge is 0.460 e. The second kappa shape index (κ2) is 8.12. The summed E-state index contributed by atoms with van der Waals surface area (Å²) in [6.07, 6.45) is 3.43. The lowest BCUT2D eigenvalue weighted by Gasteiger charge is -2.31. The lowest BCUT2D eigenvalue weighted by atomic mass is 10.1. The Morgan fingerprint density at radius 1 is 1.16 bits per heavy atom. The third-order valence-corrected chi connectivity index (χ3v) is 4.44. The van der Waals surface area contributed by atoms with E-state index in [2.05, 4.69) is 11.0 Å². The number of nitrogens with zero attached hydrogens (tertiary/aromatic N) is 1. The Morgan fingerprint density at radius 3 is 2.56 bits per heavy atom. The molecule has 0 atom stereocenters. The van der Waals surface area contributed by atoms with E-state index in [1.165, 1.54) is 0 Å². The molecule has 1 fully saturated rings. The molecule has 132 valence electrons. The normalized spacial score (nSPS) is 19.4. The van der Waals surface area contributed by atoms with Crippen molar-refractivity contribution in [2.24, 2.45) is 0 Å². The number of rotatable bonds is 5. The fraction of sp³-hybridized carbons (Fsp3) is 0.400. The Balaban J connectivity index is 1.97. The average Bonchev–Trinajstić information content (AvgIpc) is 3.06. The van der Waals surface area contributed by atoms with Crippen molar-refractivity contribution in [2.75, 3.05) is 32.9 Å². The summed E-state index contributed by atoms with van der Waals surface area (Å²) in [5.41, 5.74) is 3.65. The third kappa shape index (κ3) is 3.99. The van der Waals surface area contributed by atoms with Crippen molar-refractivity contribution < 1.29 is 19.1 Å². The van der Waals surface area contributed by atoms with Crippen molar-refractivity contribution in [3.05, 3.63) is 52.7 Å². The molecule has 1 saturated heterocycles. The number of ether oxygens (including phenoxy) is 2. The van der Waals surface area contributed by atoms with Crippen LogP contribution in [0.4, 0.5) is 0 Å². The van der Waals surface area contributed by atoms with Gasteiger partial charge in [-0.15, -0.1) is 0 Å². The fourth-order valence-electron chi connectivity index (χ4n) is 3.30. The van der Waals surface area contributed by atoms with E-state index in [1.54, 1.807) is 6.92 Å². The highest BCUT2D eigenvalue weighted by Crippen LogP contribution is 2.36. The van der Waals surface area contributed by atoms with Crippen molar-refractivity contribution in [1.82, 2.24) is 4.90 Å². The lowest BCUT2D eigenvalue weighted by Crippen LogP contribution is -2.37. The monoisotopic (exact) mass is 341 g/mol. The van der Waals surface area contributed by atoms with Crippen LogP contribution < -0.4 is 0 Å². The molecule has 1 aromatic rings. The van der Waals surface area contributed by atoms with Gasteiger partial charge in [0, 0.05) is 24.4 Å². The minimum atomic E-state index is -0.760. The summed E-state index contributed by atoms with van der Waals surface area (Å²) < 4.78 is 10.4. The number of carbonyl (C=O) groups is 2. The summed E-state index contributed by atoms with van der Waals surface area (Å²) in [4.78, 5) is 26.7. The molecule has 2 aliphatic rings. The van der Waals surface area contributed by atoms with Crippen molar-refractivity contribution >= 4 is 17.8 Å². The molecule has 0 radical (unpaired) electrons.